The quantitative estimate of drug-likeness (QED) is 0.794. The summed E-state index contributed by atoms with van der Waals surface area (Å²) in [5.41, 5.74) is 1.02. The van der Waals surface area contributed by atoms with E-state index in [1.54, 1.807) is 24.3 Å². The van der Waals surface area contributed by atoms with Gasteiger partial charge in [-0.2, -0.15) is 5.26 Å². The van der Waals surface area contributed by atoms with Gasteiger partial charge in [-0.15, -0.1) is 0 Å². The molecule has 102 valence electrons. The molecule has 1 aliphatic heterocycles. The number of nitrogens with zero attached hydrogens (tertiary/aromatic N) is 2. The summed E-state index contributed by atoms with van der Waals surface area (Å²) in [4.78, 5) is 25.5. The third-order valence-corrected chi connectivity index (χ3v) is 3.36. The van der Waals surface area contributed by atoms with Crippen molar-refractivity contribution >= 4 is 17.5 Å². The Balaban J connectivity index is 2.04. The van der Waals surface area contributed by atoms with Crippen LogP contribution >= 0.6 is 0 Å². The van der Waals surface area contributed by atoms with Crippen LogP contribution in [0.3, 0.4) is 0 Å². The molecule has 0 bridgehead atoms. The molecule has 2 aromatic rings. The highest BCUT2D eigenvalue weighted by Gasteiger charge is 2.36. The summed E-state index contributed by atoms with van der Waals surface area (Å²) in [7, 11) is 0. The van der Waals surface area contributed by atoms with Crippen LogP contribution in [-0.2, 0) is 6.42 Å². The van der Waals surface area contributed by atoms with E-state index in [0.717, 1.165) is 11.0 Å². The standard InChI is InChI=1S/C16H9FN2O2/c17-14-9-11(6-5-10(14)7-8-18)19-15(20)12-3-1-2-4-13(12)16(19)21/h1-6,9H,7H2. The molecular formula is C16H9FN2O2. The van der Waals surface area contributed by atoms with Gasteiger partial charge in [0.1, 0.15) is 5.82 Å². The third kappa shape index (κ3) is 1.98. The zero-order valence-electron chi connectivity index (χ0n) is 10.8. The summed E-state index contributed by atoms with van der Waals surface area (Å²) in [5, 5.41) is 8.59. The molecular weight excluding hydrogens is 271 g/mol. The number of hydrogen-bond donors (Lipinski definition) is 0. The fraction of sp³-hybridized carbons (Fsp3) is 0.0625. The third-order valence-electron chi connectivity index (χ3n) is 3.36. The van der Waals surface area contributed by atoms with Crippen molar-refractivity contribution in [1.29, 1.82) is 5.26 Å². The van der Waals surface area contributed by atoms with Gasteiger partial charge >= 0.3 is 0 Å². The fourth-order valence-corrected chi connectivity index (χ4v) is 2.33. The fourth-order valence-electron chi connectivity index (χ4n) is 2.33. The van der Waals surface area contributed by atoms with Gasteiger partial charge < -0.3 is 0 Å². The minimum Gasteiger partial charge on any atom is -0.268 e. The maximum absolute atomic E-state index is 13.9. The topological polar surface area (TPSA) is 61.2 Å². The van der Waals surface area contributed by atoms with Crippen molar-refractivity contribution in [3.63, 3.8) is 0 Å². The highest BCUT2D eigenvalue weighted by molar-refractivity contribution is 6.34. The first-order valence-electron chi connectivity index (χ1n) is 6.26. The second kappa shape index (κ2) is 4.84. The number of nitriles is 1. The molecule has 0 N–H and O–H groups in total. The molecule has 5 heteroatoms. The number of fused-ring (bicyclic) bond motifs is 1. The molecule has 0 radical (unpaired) electrons. The lowest BCUT2D eigenvalue weighted by molar-refractivity contribution is 0.0926. The Kier molecular flexibility index (Phi) is 2.99. The predicted molar refractivity (Wildman–Crippen MR) is 73.3 cm³/mol. The maximum Gasteiger partial charge on any atom is 0.266 e. The summed E-state index contributed by atoms with van der Waals surface area (Å²) < 4.78 is 13.9. The van der Waals surface area contributed by atoms with Crippen molar-refractivity contribution in [2.75, 3.05) is 4.90 Å². The molecule has 0 aliphatic carbocycles. The molecule has 0 saturated heterocycles. The molecule has 4 nitrogen and oxygen atoms in total. The van der Waals surface area contributed by atoms with E-state index in [1.807, 2.05) is 6.07 Å². The average Bonchev–Trinajstić information content (AvgIpc) is 2.74. The number of benzene rings is 2. The Bertz CT molecular complexity index is 773. The lowest BCUT2D eigenvalue weighted by atomic mass is 10.1. The van der Waals surface area contributed by atoms with Gasteiger partial charge in [0.05, 0.1) is 29.3 Å². The lowest BCUT2D eigenvalue weighted by Gasteiger charge is -2.14. The Morgan fingerprint density at radius 3 is 2.19 bits per heavy atom. The van der Waals surface area contributed by atoms with Gasteiger partial charge in [-0.25, -0.2) is 9.29 Å². The van der Waals surface area contributed by atoms with Crippen molar-refractivity contribution < 1.29 is 14.0 Å². The Morgan fingerprint density at radius 2 is 1.67 bits per heavy atom. The van der Waals surface area contributed by atoms with E-state index in [2.05, 4.69) is 0 Å². The highest BCUT2D eigenvalue weighted by Crippen LogP contribution is 2.29. The van der Waals surface area contributed by atoms with Crippen LogP contribution in [0.5, 0.6) is 0 Å². The van der Waals surface area contributed by atoms with Crippen LogP contribution in [0, 0.1) is 17.1 Å². The zero-order chi connectivity index (χ0) is 15.0. The molecule has 0 fully saturated rings. The van der Waals surface area contributed by atoms with Crippen LogP contribution in [0.1, 0.15) is 26.3 Å². The van der Waals surface area contributed by atoms with Crippen LogP contribution in [-0.4, -0.2) is 11.8 Å². The minimum absolute atomic E-state index is 0.0613. The molecule has 0 saturated carbocycles. The smallest absolute Gasteiger partial charge is 0.266 e. The second-order valence-corrected chi connectivity index (χ2v) is 4.60. The van der Waals surface area contributed by atoms with Gasteiger partial charge in [0.2, 0.25) is 0 Å². The van der Waals surface area contributed by atoms with Gasteiger partial charge in [-0.05, 0) is 24.3 Å². The van der Waals surface area contributed by atoms with Crippen LogP contribution in [0.4, 0.5) is 10.1 Å². The number of carbonyl (C=O) groups is 2. The Labute approximate surface area is 120 Å². The molecule has 2 amide bonds. The molecule has 0 aromatic heterocycles. The van der Waals surface area contributed by atoms with E-state index in [0.29, 0.717) is 11.1 Å². The number of carbonyl (C=O) groups excluding carboxylic acids is 2. The van der Waals surface area contributed by atoms with Gasteiger partial charge in [0, 0.05) is 5.56 Å². The first-order chi connectivity index (χ1) is 10.1. The number of rotatable bonds is 2. The summed E-state index contributed by atoms with van der Waals surface area (Å²) in [6.07, 6.45) is -0.0613. The predicted octanol–water partition coefficient (Wildman–Crippen LogP) is 2.69. The van der Waals surface area contributed by atoms with E-state index in [1.165, 1.54) is 12.1 Å². The molecule has 0 unspecified atom stereocenters. The number of imide groups is 1. The van der Waals surface area contributed by atoms with Crippen molar-refractivity contribution in [2.24, 2.45) is 0 Å². The molecule has 1 aliphatic rings. The van der Waals surface area contributed by atoms with Crippen molar-refractivity contribution in [3.05, 3.63) is 65.0 Å². The van der Waals surface area contributed by atoms with Crippen LogP contribution < -0.4 is 4.90 Å². The van der Waals surface area contributed by atoms with Gasteiger partial charge in [-0.3, -0.25) is 9.59 Å². The molecule has 3 rings (SSSR count). The van der Waals surface area contributed by atoms with Crippen LogP contribution in [0.2, 0.25) is 0 Å². The monoisotopic (exact) mass is 280 g/mol. The van der Waals surface area contributed by atoms with Crippen molar-refractivity contribution in [1.82, 2.24) is 0 Å². The van der Waals surface area contributed by atoms with E-state index in [4.69, 9.17) is 5.26 Å². The highest BCUT2D eigenvalue weighted by atomic mass is 19.1. The van der Waals surface area contributed by atoms with Crippen molar-refractivity contribution in [3.8, 4) is 6.07 Å². The number of anilines is 1. The number of hydrogen-bond acceptors (Lipinski definition) is 3. The molecule has 2 aromatic carbocycles. The SMILES string of the molecule is N#CCc1ccc(N2C(=O)c3ccccc3C2=O)cc1F. The maximum atomic E-state index is 13.9. The zero-order valence-corrected chi connectivity index (χ0v) is 10.8. The largest absolute Gasteiger partial charge is 0.268 e. The van der Waals surface area contributed by atoms with E-state index >= 15 is 0 Å². The summed E-state index contributed by atoms with van der Waals surface area (Å²) in [6.45, 7) is 0. The molecule has 21 heavy (non-hydrogen) atoms. The molecule has 1 heterocycles. The van der Waals surface area contributed by atoms with E-state index in [-0.39, 0.29) is 17.7 Å². The average molecular weight is 280 g/mol. The molecule has 0 spiro atoms. The van der Waals surface area contributed by atoms with E-state index in [9.17, 15) is 14.0 Å². The molecule has 0 atom stereocenters. The first-order valence-corrected chi connectivity index (χ1v) is 6.26. The number of amides is 2. The van der Waals surface area contributed by atoms with Crippen LogP contribution in [0.25, 0.3) is 0 Å². The Morgan fingerprint density at radius 1 is 1.05 bits per heavy atom. The summed E-state index contributed by atoms with van der Waals surface area (Å²) >= 11 is 0. The van der Waals surface area contributed by atoms with Gasteiger partial charge in [0.25, 0.3) is 11.8 Å². The summed E-state index contributed by atoms with van der Waals surface area (Å²) in [5.74, 6) is -1.54. The second-order valence-electron chi connectivity index (χ2n) is 4.60. The minimum atomic E-state index is -0.606. The summed E-state index contributed by atoms with van der Waals surface area (Å²) in [6, 6.07) is 12.3. The number of halogens is 1. The van der Waals surface area contributed by atoms with E-state index < -0.39 is 17.6 Å². The lowest BCUT2D eigenvalue weighted by Crippen LogP contribution is -2.29. The van der Waals surface area contributed by atoms with Crippen molar-refractivity contribution in [2.45, 2.75) is 6.42 Å². The first kappa shape index (κ1) is 13.0. The van der Waals surface area contributed by atoms with Gasteiger partial charge in [-0.1, -0.05) is 18.2 Å². The normalized spacial score (nSPS) is 13.2. The Hall–Kier alpha value is -3.00. The van der Waals surface area contributed by atoms with Crippen LogP contribution in [0.15, 0.2) is 42.5 Å². The van der Waals surface area contributed by atoms with Gasteiger partial charge in [0.15, 0.2) is 0 Å².